The number of nitrogens with zero attached hydrogens (tertiary/aromatic N) is 2. The minimum absolute atomic E-state index is 0.422. The van der Waals surface area contributed by atoms with Crippen molar-refractivity contribution in [3.8, 4) is 11.5 Å². The van der Waals surface area contributed by atoms with Crippen LogP contribution < -0.4 is 4.74 Å². The fourth-order valence-electron chi connectivity index (χ4n) is 1.61. The molecule has 2 rings (SSSR count). The van der Waals surface area contributed by atoms with Gasteiger partial charge < -0.3 is 4.74 Å². The van der Waals surface area contributed by atoms with Gasteiger partial charge >= 0.3 is 0 Å². The van der Waals surface area contributed by atoms with Gasteiger partial charge in [0, 0.05) is 16.6 Å². The highest BCUT2D eigenvalue weighted by atomic mass is 79.9. The van der Waals surface area contributed by atoms with Gasteiger partial charge in [0.1, 0.15) is 5.75 Å². The third kappa shape index (κ3) is 3.27. The lowest BCUT2D eigenvalue weighted by molar-refractivity contribution is 0.476. The molecule has 0 fully saturated rings. The molecule has 0 spiro atoms. The number of benzene rings is 1. The third-order valence-electron chi connectivity index (χ3n) is 2.46. The topological polar surface area (TPSA) is 27.1 Å². The molecule has 0 aliphatic carbocycles. The van der Waals surface area contributed by atoms with Crippen LogP contribution in [0.1, 0.15) is 18.9 Å². The molecule has 0 atom stereocenters. The maximum absolute atomic E-state index is 5.89. The number of hydrogen-bond donors (Lipinski definition) is 0. The fraction of sp³-hybridized carbons (Fsp3) is 0.308. The molecule has 1 aromatic carbocycles. The molecule has 1 aromatic heterocycles. The number of aryl methyl sites for hydroxylation is 1. The summed E-state index contributed by atoms with van der Waals surface area (Å²) in [5, 5.41) is 4.23. The molecule has 5 heteroatoms. The molecule has 0 aliphatic heterocycles. The van der Waals surface area contributed by atoms with Crippen molar-refractivity contribution in [1.29, 1.82) is 0 Å². The van der Waals surface area contributed by atoms with E-state index in [2.05, 4.69) is 28.0 Å². The van der Waals surface area contributed by atoms with Crippen LogP contribution in [-0.2, 0) is 12.4 Å². The second-order valence-corrected chi connectivity index (χ2v) is 5.11. The van der Waals surface area contributed by atoms with Crippen LogP contribution >= 0.6 is 27.5 Å². The van der Waals surface area contributed by atoms with E-state index in [1.807, 2.05) is 29.1 Å². The van der Waals surface area contributed by atoms with E-state index >= 15 is 0 Å². The zero-order chi connectivity index (χ0) is 13.0. The van der Waals surface area contributed by atoms with Gasteiger partial charge in [0.2, 0.25) is 0 Å². The molecule has 3 nitrogen and oxygen atoms in total. The molecule has 18 heavy (non-hydrogen) atoms. The summed E-state index contributed by atoms with van der Waals surface area (Å²) in [6.07, 6.45) is 4.65. The highest BCUT2D eigenvalue weighted by Gasteiger charge is 2.07. The summed E-state index contributed by atoms with van der Waals surface area (Å²) in [5.74, 6) is 1.91. The molecule has 0 aliphatic rings. The van der Waals surface area contributed by atoms with Crippen molar-refractivity contribution in [1.82, 2.24) is 9.78 Å². The maximum Gasteiger partial charge on any atom is 0.165 e. The number of halogens is 2. The molecule has 2 aromatic rings. The number of rotatable bonds is 5. The van der Waals surface area contributed by atoms with Crippen LogP contribution in [0.2, 0.25) is 0 Å². The number of hydrogen-bond acceptors (Lipinski definition) is 2. The molecule has 0 radical (unpaired) electrons. The van der Waals surface area contributed by atoms with Gasteiger partial charge in [0.25, 0.3) is 0 Å². The maximum atomic E-state index is 5.89. The van der Waals surface area contributed by atoms with Crippen LogP contribution in [0.3, 0.4) is 0 Å². The SMILES string of the molecule is CCCn1cc(Oc2cc(Br)ccc2CCl)cn1. The first kappa shape index (κ1) is 13.4. The quantitative estimate of drug-likeness (QED) is 0.750. The van der Waals surface area contributed by atoms with Crippen molar-refractivity contribution in [3.63, 3.8) is 0 Å². The van der Waals surface area contributed by atoms with E-state index in [0.717, 1.165) is 34.5 Å². The lowest BCUT2D eigenvalue weighted by atomic mass is 10.2. The number of ether oxygens (including phenoxy) is 1. The summed E-state index contributed by atoms with van der Waals surface area (Å²) in [4.78, 5) is 0. The van der Waals surface area contributed by atoms with Gasteiger partial charge in [0.15, 0.2) is 5.75 Å². The molecule has 0 amide bonds. The predicted octanol–water partition coefficient (Wildman–Crippen LogP) is 4.59. The number of alkyl halides is 1. The van der Waals surface area contributed by atoms with Crippen LogP contribution in [0, 0.1) is 0 Å². The molecule has 0 saturated carbocycles. The Kier molecular flexibility index (Phi) is 4.66. The summed E-state index contributed by atoms with van der Waals surface area (Å²) < 4.78 is 8.64. The molecule has 0 bridgehead atoms. The van der Waals surface area contributed by atoms with Gasteiger partial charge in [-0.25, -0.2) is 0 Å². The second-order valence-electron chi connectivity index (χ2n) is 3.93. The van der Waals surface area contributed by atoms with E-state index in [-0.39, 0.29) is 0 Å². The van der Waals surface area contributed by atoms with Gasteiger partial charge in [0.05, 0.1) is 18.3 Å². The first-order chi connectivity index (χ1) is 8.72. The number of aromatic nitrogens is 2. The Morgan fingerprint density at radius 3 is 3.00 bits per heavy atom. The van der Waals surface area contributed by atoms with E-state index in [9.17, 15) is 0 Å². The van der Waals surface area contributed by atoms with Crippen molar-refractivity contribution in [2.45, 2.75) is 25.8 Å². The Labute approximate surface area is 120 Å². The summed E-state index contributed by atoms with van der Waals surface area (Å²) in [6, 6.07) is 5.81. The first-order valence-electron chi connectivity index (χ1n) is 5.77. The van der Waals surface area contributed by atoms with Crippen molar-refractivity contribution in [2.24, 2.45) is 0 Å². The average Bonchev–Trinajstić information content (AvgIpc) is 2.77. The average molecular weight is 330 g/mol. The summed E-state index contributed by atoms with van der Waals surface area (Å²) in [7, 11) is 0. The summed E-state index contributed by atoms with van der Waals surface area (Å²) in [5.41, 5.74) is 0.961. The van der Waals surface area contributed by atoms with Crippen LogP contribution in [-0.4, -0.2) is 9.78 Å². The van der Waals surface area contributed by atoms with Crippen molar-refractivity contribution in [3.05, 3.63) is 40.6 Å². The Bertz CT molecular complexity index is 527. The van der Waals surface area contributed by atoms with Crippen LogP contribution in [0.15, 0.2) is 35.1 Å². The van der Waals surface area contributed by atoms with Crippen LogP contribution in [0.25, 0.3) is 0 Å². The van der Waals surface area contributed by atoms with Gasteiger partial charge in [-0.2, -0.15) is 5.10 Å². The summed E-state index contributed by atoms with van der Waals surface area (Å²) >= 11 is 9.31. The van der Waals surface area contributed by atoms with Crippen LogP contribution in [0.5, 0.6) is 11.5 Å². The van der Waals surface area contributed by atoms with Crippen molar-refractivity contribution in [2.75, 3.05) is 0 Å². The van der Waals surface area contributed by atoms with Gasteiger partial charge in [-0.1, -0.05) is 28.9 Å². The van der Waals surface area contributed by atoms with E-state index in [1.165, 1.54) is 0 Å². The van der Waals surface area contributed by atoms with E-state index in [4.69, 9.17) is 16.3 Å². The van der Waals surface area contributed by atoms with Crippen molar-refractivity contribution < 1.29 is 4.74 Å². The molecular formula is C13H14BrClN2O. The van der Waals surface area contributed by atoms with Gasteiger partial charge in [-0.15, -0.1) is 11.6 Å². The monoisotopic (exact) mass is 328 g/mol. The minimum Gasteiger partial charge on any atom is -0.454 e. The largest absolute Gasteiger partial charge is 0.454 e. The van der Waals surface area contributed by atoms with Crippen molar-refractivity contribution >= 4 is 27.5 Å². The van der Waals surface area contributed by atoms with Gasteiger partial charge in [-0.05, 0) is 18.6 Å². The van der Waals surface area contributed by atoms with E-state index in [1.54, 1.807) is 6.20 Å². The smallest absolute Gasteiger partial charge is 0.165 e. The molecule has 96 valence electrons. The lowest BCUT2D eigenvalue weighted by Crippen LogP contribution is -1.95. The Morgan fingerprint density at radius 2 is 2.28 bits per heavy atom. The highest BCUT2D eigenvalue weighted by Crippen LogP contribution is 2.29. The Hall–Kier alpha value is -1.00. The Morgan fingerprint density at radius 1 is 1.44 bits per heavy atom. The van der Waals surface area contributed by atoms with Crippen LogP contribution in [0.4, 0.5) is 0 Å². The third-order valence-corrected chi connectivity index (χ3v) is 3.24. The molecule has 0 unspecified atom stereocenters. The predicted molar refractivity (Wildman–Crippen MR) is 76.3 cm³/mol. The molecule has 0 N–H and O–H groups in total. The molecular weight excluding hydrogens is 316 g/mol. The molecule has 1 heterocycles. The van der Waals surface area contributed by atoms with E-state index < -0.39 is 0 Å². The Balaban J connectivity index is 2.19. The normalized spacial score (nSPS) is 10.6. The lowest BCUT2D eigenvalue weighted by Gasteiger charge is -2.08. The molecule has 0 saturated heterocycles. The van der Waals surface area contributed by atoms with E-state index in [0.29, 0.717) is 5.88 Å². The summed E-state index contributed by atoms with van der Waals surface area (Å²) in [6.45, 7) is 3.01. The van der Waals surface area contributed by atoms with Gasteiger partial charge in [-0.3, -0.25) is 4.68 Å². The standard InChI is InChI=1S/C13H14BrClN2O/c1-2-5-17-9-12(8-16-17)18-13-6-11(14)4-3-10(13)7-15/h3-4,6,8-9H,2,5,7H2,1H3. The second kappa shape index (κ2) is 6.25. The minimum atomic E-state index is 0.422. The zero-order valence-corrected chi connectivity index (χ0v) is 12.4. The zero-order valence-electron chi connectivity index (χ0n) is 10.1. The highest BCUT2D eigenvalue weighted by molar-refractivity contribution is 9.10. The fourth-order valence-corrected chi connectivity index (χ4v) is 2.17. The first-order valence-corrected chi connectivity index (χ1v) is 7.10.